The van der Waals surface area contributed by atoms with Crippen LogP contribution in [0.15, 0.2) is 28.8 Å². The molecule has 0 saturated carbocycles. The Hall–Kier alpha value is -1.03. The molecule has 0 saturated heterocycles. The molecule has 1 aromatic heterocycles. The third-order valence-corrected chi connectivity index (χ3v) is 3.77. The zero-order valence-electron chi connectivity index (χ0n) is 11.8. The van der Waals surface area contributed by atoms with Crippen molar-refractivity contribution in [3.8, 4) is 0 Å². The third-order valence-electron chi connectivity index (χ3n) is 3.21. The van der Waals surface area contributed by atoms with Crippen LogP contribution in [0.1, 0.15) is 49.6 Å². The zero-order chi connectivity index (χ0) is 14.7. The van der Waals surface area contributed by atoms with Gasteiger partial charge >= 0.3 is 0 Å². The van der Waals surface area contributed by atoms with E-state index >= 15 is 0 Å². The SMILES string of the molecule is CCC(NC(C)c1ncc(C)o1)c1ccc(Cl)cc1Cl. The molecule has 20 heavy (non-hydrogen) atoms. The first-order chi connectivity index (χ1) is 9.51. The molecule has 0 aliphatic heterocycles. The van der Waals surface area contributed by atoms with Crippen molar-refractivity contribution >= 4 is 23.2 Å². The van der Waals surface area contributed by atoms with Gasteiger partial charge in [-0.1, -0.05) is 36.2 Å². The number of aryl methyl sites for hydroxylation is 1. The monoisotopic (exact) mass is 312 g/mol. The molecule has 0 bridgehead atoms. The number of aromatic nitrogens is 1. The molecule has 0 amide bonds. The van der Waals surface area contributed by atoms with E-state index in [2.05, 4.69) is 17.2 Å². The maximum Gasteiger partial charge on any atom is 0.211 e. The van der Waals surface area contributed by atoms with Gasteiger partial charge in [0.05, 0.1) is 12.2 Å². The molecule has 5 heteroatoms. The number of oxazole rings is 1. The summed E-state index contributed by atoms with van der Waals surface area (Å²) in [5, 5.41) is 4.81. The highest BCUT2D eigenvalue weighted by Crippen LogP contribution is 2.29. The lowest BCUT2D eigenvalue weighted by atomic mass is 10.0. The second-order valence-electron chi connectivity index (χ2n) is 4.82. The second-order valence-corrected chi connectivity index (χ2v) is 5.67. The van der Waals surface area contributed by atoms with Gasteiger partial charge in [-0.15, -0.1) is 0 Å². The van der Waals surface area contributed by atoms with E-state index < -0.39 is 0 Å². The number of nitrogens with zero attached hydrogens (tertiary/aromatic N) is 1. The first kappa shape index (κ1) is 15.4. The summed E-state index contributed by atoms with van der Waals surface area (Å²) in [5.74, 6) is 1.50. The Morgan fingerprint density at radius 1 is 1.35 bits per heavy atom. The smallest absolute Gasteiger partial charge is 0.211 e. The van der Waals surface area contributed by atoms with E-state index in [9.17, 15) is 0 Å². The van der Waals surface area contributed by atoms with Crippen molar-refractivity contribution in [2.45, 2.75) is 39.3 Å². The first-order valence-electron chi connectivity index (χ1n) is 6.64. The van der Waals surface area contributed by atoms with Crippen molar-refractivity contribution in [2.75, 3.05) is 0 Å². The largest absolute Gasteiger partial charge is 0.444 e. The van der Waals surface area contributed by atoms with Crippen LogP contribution in [0.2, 0.25) is 10.0 Å². The fraction of sp³-hybridized carbons (Fsp3) is 0.400. The first-order valence-corrected chi connectivity index (χ1v) is 7.40. The summed E-state index contributed by atoms with van der Waals surface area (Å²) in [6.07, 6.45) is 2.63. The van der Waals surface area contributed by atoms with Crippen molar-refractivity contribution in [3.05, 3.63) is 51.7 Å². The van der Waals surface area contributed by atoms with Gasteiger partial charge in [-0.2, -0.15) is 0 Å². The van der Waals surface area contributed by atoms with Crippen LogP contribution in [0.3, 0.4) is 0 Å². The minimum absolute atomic E-state index is 0.0143. The number of benzene rings is 1. The minimum atomic E-state index is 0.0143. The number of hydrogen-bond acceptors (Lipinski definition) is 3. The van der Waals surface area contributed by atoms with Gasteiger partial charge < -0.3 is 4.42 Å². The molecule has 0 aliphatic rings. The summed E-state index contributed by atoms with van der Waals surface area (Å²) >= 11 is 12.2. The lowest BCUT2D eigenvalue weighted by molar-refractivity contribution is 0.367. The van der Waals surface area contributed by atoms with Crippen molar-refractivity contribution < 1.29 is 4.42 Å². The van der Waals surface area contributed by atoms with E-state index in [0.29, 0.717) is 15.9 Å². The molecule has 0 radical (unpaired) electrons. The highest BCUT2D eigenvalue weighted by molar-refractivity contribution is 6.35. The zero-order valence-corrected chi connectivity index (χ0v) is 13.3. The van der Waals surface area contributed by atoms with Gasteiger partial charge in [0.2, 0.25) is 5.89 Å². The van der Waals surface area contributed by atoms with Crippen LogP contribution < -0.4 is 5.32 Å². The Labute approximate surface area is 129 Å². The molecule has 0 spiro atoms. The predicted molar refractivity (Wildman–Crippen MR) is 82.3 cm³/mol. The van der Waals surface area contributed by atoms with Crippen LogP contribution >= 0.6 is 23.2 Å². The molecule has 1 heterocycles. The second kappa shape index (κ2) is 6.61. The van der Waals surface area contributed by atoms with Crippen LogP contribution in [0, 0.1) is 6.92 Å². The fourth-order valence-corrected chi connectivity index (χ4v) is 2.70. The van der Waals surface area contributed by atoms with Crippen LogP contribution in [0.4, 0.5) is 0 Å². The Morgan fingerprint density at radius 3 is 2.65 bits per heavy atom. The average Bonchev–Trinajstić information content (AvgIpc) is 2.83. The molecule has 2 unspecified atom stereocenters. The Bertz CT molecular complexity index is 583. The topological polar surface area (TPSA) is 38.1 Å². The molecule has 2 aromatic rings. The van der Waals surface area contributed by atoms with Gasteiger partial charge in [0.1, 0.15) is 5.76 Å². The molecule has 0 aliphatic carbocycles. The number of rotatable bonds is 5. The Kier molecular flexibility index (Phi) is 5.08. The molecular formula is C15H18Cl2N2O. The molecule has 3 nitrogen and oxygen atoms in total. The maximum absolute atomic E-state index is 6.27. The molecule has 0 fully saturated rings. The van der Waals surface area contributed by atoms with Crippen molar-refractivity contribution in [3.63, 3.8) is 0 Å². The number of halogens is 2. The number of hydrogen-bond donors (Lipinski definition) is 1. The van der Waals surface area contributed by atoms with E-state index in [1.165, 1.54) is 0 Å². The lowest BCUT2D eigenvalue weighted by Gasteiger charge is -2.22. The Morgan fingerprint density at radius 2 is 2.10 bits per heavy atom. The molecular weight excluding hydrogens is 295 g/mol. The summed E-state index contributed by atoms with van der Waals surface area (Å²) in [6, 6.07) is 5.72. The van der Waals surface area contributed by atoms with Gasteiger partial charge in [0, 0.05) is 16.1 Å². The summed E-state index contributed by atoms with van der Waals surface area (Å²) in [5.41, 5.74) is 1.04. The third kappa shape index (κ3) is 3.54. The van der Waals surface area contributed by atoms with Gasteiger partial charge in [-0.25, -0.2) is 4.98 Å². The highest BCUT2D eigenvalue weighted by atomic mass is 35.5. The molecule has 1 aromatic carbocycles. The van der Waals surface area contributed by atoms with Gasteiger partial charge in [0.25, 0.3) is 0 Å². The van der Waals surface area contributed by atoms with Crippen LogP contribution in [-0.2, 0) is 0 Å². The quantitative estimate of drug-likeness (QED) is 0.835. The summed E-state index contributed by atoms with van der Waals surface area (Å²) < 4.78 is 5.55. The summed E-state index contributed by atoms with van der Waals surface area (Å²) in [6.45, 7) is 6.02. The van der Waals surface area contributed by atoms with Crippen molar-refractivity contribution in [1.29, 1.82) is 0 Å². The molecule has 2 rings (SSSR count). The normalized spacial score (nSPS) is 14.2. The number of nitrogens with one attached hydrogen (secondary N) is 1. The molecule has 1 N–H and O–H groups in total. The van der Waals surface area contributed by atoms with Crippen molar-refractivity contribution in [2.24, 2.45) is 0 Å². The Balaban J connectivity index is 2.16. The average molecular weight is 313 g/mol. The van der Waals surface area contributed by atoms with Gasteiger partial charge in [-0.05, 0) is 38.0 Å². The molecule has 108 valence electrons. The van der Waals surface area contributed by atoms with Crippen molar-refractivity contribution in [1.82, 2.24) is 10.3 Å². The summed E-state index contributed by atoms with van der Waals surface area (Å²) in [7, 11) is 0. The van der Waals surface area contributed by atoms with Crippen LogP contribution in [0.5, 0.6) is 0 Å². The van der Waals surface area contributed by atoms with Crippen LogP contribution in [0.25, 0.3) is 0 Å². The predicted octanol–water partition coefficient (Wildman–Crippen LogP) is 5.09. The van der Waals surface area contributed by atoms with E-state index in [-0.39, 0.29) is 12.1 Å². The summed E-state index contributed by atoms with van der Waals surface area (Å²) in [4.78, 5) is 4.25. The standard InChI is InChI=1S/C15H18Cl2N2O/c1-4-14(12-6-5-11(16)7-13(12)17)19-10(3)15-18-8-9(2)20-15/h5-8,10,14,19H,4H2,1-3H3. The highest BCUT2D eigenvalue weighted by Gasteiger charge is 2.19. The van der Waals surface area contributed by atoms with Gasteiger partial charge in [0.15, 0.2) is 0 Å². The minimum Gasteiger partial charge on any atom is -0.444 e. The van der Waals surface area contributed by atoms with E-state index in [0.717, 1.165) is 17.7 Å². The lowest BCUT2D eigenvalue weighted by Crippen LogP contribution is -2.24. The van der Waals surface area contributed by atoms with E-state index in [4.69, 9.17) is 27.6 Å². The maximum atomic E-state index is 6.27. The van der Waals surface area contributed by atoms with E-state index in [1.807, 2.05) is 26.0 Å². The van der Waals surface area contributed by atoms with Crippen LogP contribution in [-0.4, -0.2) is 4.98 Å². The van der Waals surface area contributed by atoms with E-state index in [1.54, 1.807) is 12.3 Å². The van der Waals surface area contributed by atoms with Gasteiger partial charge in [-0.3, -0.25) is 5.32 Å². The molecule has 2 atom stereocenters. The fourth-order valence-electron chi connectivity index (χ4n) is 2.16.